The maximum absolute atomic E-state index is 14.0. The van der Waals surface area contributed by atoms with Gasteiger partial charge >= 0.3 is 0 Å². The number of aryl methyl sites for hydroxylation is 2. The standard InChI is InChI=1S/C15H14BrFN2S/c1-8-5-11(6-9(2)14(8)16)19-13-4-3-10(15(18)20)7-12(13)17/h3-7,19H,1-2H3,(H2,18,20). The van der Waals surface area contributed by atoms with Crippen molar-refractivity contribution in [3.63, 3.8) is 0 Å². The third-order valence-electron chi connectivity index (χ3n) is 2.97. The van der Waals surface area contributed by atoms with Crippen molar-refractivity contribution >= 4 is 44.5 Å². The van der Waals surface area contributed by atoms with Gasteiger partial charge in [0.25, 0.3) is 0 Å². The molecule has 2 nitrogen and oxygen atoms in total. The van der Waals surface area contributed by atoms with Crippen molar-refractivity contribution in [2.45, 2.75) is 13.8 Å². The second-order valence-corrected chi connectivity index (χ2v) is 5.84. The van der Waals surface area contributed by atoms with E-state index in [1.54, 1.807) is 12.1 Å². The number of hydrogen-bond acceptors (Lipinski definition) is 2. The van der Waals surface area contributed by atoms with Gasteiger partial charge in [-0.15, -0.1) is 0 Å². The van der Waals surface area contributed by atoms with Crippen molar-refractivity contribution in [1.82, 2.24) is 0 Å². The topological polar surface area (TPSA) is 38.0 Å². The molecular weight excluding hydrogens is 339 g/mol. The monoisotopic (exact) mass is 352 g/mol. The Hall–Kier alpha value is -1.46. The van der Waals surface area contributed by atoms with Crippen molar-refractivity contribution < 1.29 is 4.39 Å². The number of anilines is 2. The summed E-state index contributed by atoms with van der Waals surface area (Å²) < 4.78 is 15.1. The molecule has 0 radical (unpaired) electrons. The fourth-order valence-electron chi connectivity index (χ4n) is 1.94. The number of thiocarbonyl (C=S) groups is 1. The van der Waals surface area contributed by atoms with Crippen molar-refractivity contribution in [2.75, 3.05) is 5.32 Å². The second kappa shape index (κ2) is 5.89. The molecule has 0 fully saturated rings. The van der Waals surface area contributed by atoms with E-state index in [4.69, 9.17) is 18.0 Å². The summed E-state index contributed by atoms with van der Waals surface area (Å²) in [5.74, 6) is -0.381. The van der Waals surface area contributed by atoms with E-state index < -0.39 is 0 Å². The molecule has 104 valence electrons. The lowest BCUT2D eigenvalue weighted by Crippen LogP contribution is -2.09. The molecule has 0 aliphatic carbocycles. The lowest BCUT2D eigenvalue weighted by molar-refractivity contribution is 0.631. The molecular formula is C15H14BrFN2S. The van der Waals surface area contributed by atoms with Gasteiger partial charge in [-0.05, 0) is 55.3 Å². The fourth-order valence-corrected chi connectivity index (χ4v) is 2.30. The zero-order valence-electron chi connectivity index (χ0n) is 11.1. The van der Waals surface area contributed by atoms with Crippen LogP contribution in [0.15, 0.2) is 34.8 Å². The first kappa shape index (κ1) is 14.9. The Morgan fingerprint density at radius 3 is 2.30 bits per heavy atom. The molecule has 5 heteroatoms. The van der Waals surface area contributed by atoms with E-state index >= 15 is 0 Å². The molecule has 0 bridgehead atoms. The summed E-state index contributed by atoms with van der Waals surface area (Å²) in [6.07, 6.45) is 0. The van der Waals surface area contributed by atoms with Crippen molar-refractivity contribution in [2.24, 2.45) is 5.73 Å². The highest BCUT2D eigenvalue weighted by molar-refractivity contribution is 9.10. The van der Waals surface area contributed by atoms with Gasteiger partial charge < -0.3 is 11.1 Å². The van der Waals surface area contributed by atoms with Gasteiger partial charge in [-0.25, -0.2) is 4.39 Å². The van der Waals surface area contributed by atoms with Crippen LogP contribution in [0.5, 0.6) is 0 Å². The lowest BCUT2D eigenvalue weighted by atomic mass is 10.1. The van der Waals surface area contributed by atoms with Crippen LogP contribution >= 0.6 is 28.1 Å². The Morgan fingerprint density at radius 2 is 1.80 bits per heavy atom. The molecule has 0 aliphatic heterocycles. The summed E-state index contributed by atoms with van der Waals surface area (Å²) in [7, 11) is 0. The maximum Gasteiger partial charge on any atom is 0.147 e. The third-order valence-corrected chi connectivity index (χ3v) is 4.46. The van der Waals surface area contributed by atoms with Crippen LogP contribution in [0.2, 0.25) is 0 Å². The molecule has 0 atom stereocenters. The molecule has 0 unspecified atom stereocenters. The van der Waals surface area contributed by atoms with Gasteiger partial charge in [0.2, 0.25) is 0 Å². The number of benzene rings is 2. The quantitative estimate of drug-likeness (QED) is 0.793. The van der Waals surface area contributed by atoms with E-state index in [0.29, 0.717) is 11.3 Å². The maximum atomic E-state index is 14.0. The zero-order valence-corrected chi connectivity index (χ0v) is 13.5. The van der Waals surface area contributed by atoms with Crippen LogP contribution < -0.4 is 11.1 Å². The van der Waals surface area contributed by atoms with E-state index in [1.165, 1.54) is 6.07 Å². The minimum Gasteiger partial charge on any atom is -0.389 e. The Kier molecular flexibility index (Phi) is 4.40. The van der Waals surface area contributed by atoms with Gasteiger partial charge in [0.05, 0.1) is 5.69 Å². The van der Waals surface area contributed by atoms with Crippen LogP contribution in [0.1, 0.15) is 16.7 Å². The normalized spacial score (nSPS) is 10.4. The van der Waals surface area contributed by atoms with Gasteiger partial charge in [-0.2, -0.15) is 0 Å². The Morgan fingerprint density at radius 1 is 1.20 bits per heavy atom. The van der Waals surface area contributed by atoms with Gasteiger partial charge in [-0.1, -0.05) is 28.1 Å². The Labute approximate surface area is 131 Å². The number of nitrogens with two attached hydrogens (primary N) is 1. The summed E-state index contributed by atoms with van der Waals surface area (Å²) in [6, 6.07) is 8.59. The highest BCUT2D eigenvalue weighted by Crippen LogP contribution is 2.28. The number of hydrogen-bond donors (Lipinski definition) is 2. The number of rotatable bonds is 3. The molecule has 0 aliphatic rings. The molecule has 0 amide bonds. The Balaban J connectivity index is 2.33. The predicted molar refractivity (Wildman–Crippen MR) is 89.2 cm³/mol. The van der Waals surface area contributed by atoms with Crippen molar-refractivity contribution in [3.05, 3.63) is 57.3 Å². The molecule has 20 heavy (non-hydrogen) atoms. The van der Waals surface area contributed by atoms with Crippen LogP contribution in [0.3, 0.4) is 0 Å². The molecule has 3 N–H and O–H groups in total. The van der Waals surface area contributed by atoms with Gasteiger partial charge in [-0.3, -0.25) is 0 Å². The van der Waals surface area contributed by atoms with Crippen LogP contribution in [0.4, 0.5) is 15.8 Å². The van der Waals surface area contributed by atoms with Crippen LogP contribution in [-0.2, 0) is 0 Å². The van der Waals surface area contributed by atoms with E-state index in [2.05, 4.69) is 21.2 Å². The summed E-state index contributed by atoms with van der Waals surface area (Å²) in [5, 5.41) is 3.07. The van der Waals surface area contributed by atoms with E-state index in [1.807, 2.05) is 26.0 Å². The molecule has 2 aromatic carbocycles. The molecule has 2 rings (SSSR count). The highest BCUT2D eigenvalue weighted by Gasteiger charge is 2.07. The summed E-state index contributed by atoms with van der Waals surface area (Å²) in [5.41, 5.74) is 9.41. The van der Waals surface area contributed by atoms with Crippen molar-refractivity contribution in [1.29, 1.82) is 0 Å². The third kappa shape index (κ3) is 3.16. The minimum atomic E-state index is -0.381. The smallest absolute Gasteiger partial charge is 0.147 e. The van der Waals surface area contributed by atoms with E-state index in [0.717, 1.165) is 21.3 Å². The average Bonchev–Trinajstić information content (AvgIpc) is 2.38. The highest BCUT2D eigenvalue weighted by atomic mass is 79.9. The SMILES string of the molecule is Cc1cc(Nc2ccc(C(N)=S)cc2F)cc(C)c1Br. The molecule has 2 aromatic rings. The predicted octanol–water partition coefficient (Wildman–Crippen LogP) is 4.58. The van der Waals surface area contributed by atoms with Gasteiger partial charge in [0.1, 0.15) is 10.8 Å². The van der Waals surface area contributed by atoms with Crippen LogP contribution in [0, 0.1) is 19.7 Å². The molecule has 0 saturated carbocycles. The number of nitrogens with one attached hydrogen (secondary N) is 1. The number of halogens is 2. The van der Waals surface area contributed by atoms with E-state index in [-0.39, 0.29) is 10.8 Å². The summed E-state index contributed by atoms with van der Waals surface area (Å²) in [4.78, 5) is 0.186. The Bertz CT molecular complexity index is 663. The molecule has 0 saturated heterocycles. The zero-order chi connectivity index (χ0) is 14.9. The largest absolute Gasteiger partial charge is 0.389 e. The van der Waals surface area contributed by atoms with Gasteiger partial charge in [0, 0.05) is 15.7 Å². The second-order valence-electron chi connectivity index (χ2n) is 4.61. The lowest BCUT2D eigenvalue weighted by Gasteiger charge is -2.12. The first-order valence-corrected chi connectivity index (χ1v) is 7.21. The summed E-state index contributed by atoms with van der Waals surface area (Å²) in [6.45, 7) is 3.99. The fraction of sp³-hybridized carbons (Fsp3) is 0.133. The molecule has 0 heterocycles. The first-order valence-electron chi connectivity index (χ1n) is 6.01. The average molecular weight is 353 g/mol. The molecule has 0 aromatic heterocycles. The molecule has 0 spiro atoms. The van der Waals surface area contributed by atoms with Crippen molar-refractivity contribution in [3.8, 4) is 0 Å². The minimum absolute atomic E-state index is 0.186. The van der Waals surface area contributed by atoms with Crippen LogP contribution in [0.25, 0.3) is 0 Å². The van der Waals surface area contributed by atoms with E-state index in [9.17, 15) is 4.39 Å². The first-order chi connectivity index (χ1) is 9.38. The summed E-state index contributed by atoms with van der Waals surface area (Å²) >= 11 is 8.34. The van der Waals surface area contributed by atoms with Crippen LogP contribution in [-0.4, -0.2) is 4.99 Å². The van der Waals surface area contributed by atoms with Gasteiger partial charge in [0.15, 0.2) is 0 Å².